The van der Waals surface area contributed by atoms with Crippen molar-refractivity contribution in [2.45, 2.75) is 206 Å². The second kappa shape index (κ2) is 55.1. The fourth-order valence-corrected chi connectivity index (χ4v) is 6.68. The van der Waals surface area contributed by atoms with E-state index < -0.39 is 12.1 Å². The first-order valence-electron chi connectivity index (χ1n) is 26.3. The summed E-state index contributed by atoms with van der Waals surface area (Å²) in [5, 5.41) is 23.0. The van der Waals surface area contributed by atoms with Crippen molar-refractivity contribution in [2.75, 3.05) is 6.61 Å². The lowest BCUT2D eigenvalue weighted by Gasteiger charge is -2.19. The Labute approximate surface area is 407 Å². The number of amides is 1. The van der Waals surface area contributed by atoms with E-state index in [4.69, 9.17) is 0 Å². The SMILES string of the molecule is CC/C=C\C/C=C\C/C=C\C/C=C\C/C=C\C/C=C\C/C=C\C/C=C\C/C=C\C/C=C\C/C=C\CCCCCCCCCC(=O)NC(CO)C(O)/C=C/CC/C=C/CC/C=C/CCCCC. The summed E-state index contributed by atoms with van der Waals surface area (Å²) in [7, 11) is 0. The van der Waals surface area contributed by atoms with Crippen LogP contribution in [0, 0.1) is 0 Å². The van der Waals surface area contributed by atoms with E-state index in [0.29, 0.717) is 6.42 Å². The summed E-state index contributed by atoms with van der Waals surface area (Å²) < 4.78 is 0. The highest BCUT2D eigenvalue weighted by Gasteiger charge is 2.17. The van der Waals surface area contributed by atoms with Crippen LogP contribution < -0.4 is 5.32 Å². The van der Waals surface area contributed by atoms with E-state index in [1.54, 1.807) is 6.08 Å². The van der Waals surface area contributed by atoms with Crippen molar-refractivity contribution in [2.24, 2.45) is 0 Å². The second-order valence-corrected chi connectivity index (χ2v) is 16.8. The maximum Gasteiger partial charge on any atom is 0.220 e. The van der Waals surface area contributed by atoms with Gasteiger partial charge in [-0.2, -0.15) is 0 Å². The van der Waals surface area contributed by atoms with E-state index in [1.807, 2.05) is 6.08 Å². The Hall–Kier alpha value is -4.25. The van der Waals surface area contributed by atoms with E-state index >= 15 is 0 Å². The van der Waals surface area contributed by atoms with Crippen molar-refractivity contribution in [3.05, 3.63) is 170 Å². The minimum Gasteiger partial charge on any atom is -0.394 e. The molecule has 4 nitrogen and oxygen atoms in total. The summed E-state index contributed by atoms with van der Waals surface area (Å²) in [6.07, 6.45) is 90.6. The number of unbranched alkanes of at least 4 members (excludes halogenated alkanes) is 12. The van der Waals surface area contributed by atoms with Gasteiger partial charge in [0, 0.05) is 6.42 Å². The van der Waals surface area contributed by atoms with Crippen LogP contribution in [0.15, 0.2) is 170 Å². The van der Waals surface area contributed by atoms with Crippen molar-refractivity contribution in [3.8, 4) is 0 Å². The predicted molar refractivity (Wildman–Crippen MR) is 294 cm³/mol. The van der Waals surface area contributed by atoms with Crippen LogP contribution in [-0.4, -0.2) is 34.9 Å². The Kier molecular flexibility index (Phi) is 51.5. The van der Waals surface area contributed by atoms with Crippen LogP contribution in [0.2, 0.25) is 0 Å². The highest BCUT2D eigenvalue weighted by atomic mass is 16.3. The fraction of sp³-hybridized carbons (Fsp3) is 0.532. The number of aliphatic hydroxyl groups is 2. The normalized spacial score (nSPS) is 14.3. The predicted octanol–water partition coefficient (Wildman–Crippen LogP) is 17.6. The number of hydrogen-bond acceptors (Lipinski definition) is 3. The summed E-state index contributed by atoms with van der Waals surface area (Å²) in [4.78, 5) is 12.4. The number of hydrogen-bond donors (Lipinski definition) is 3. The number of nitrogens with one attached hydrogen (secondary N) is 1. The van der Waals surface area contributed by atoms with Gasteiger partial charge in [0.15, 0.2) is 0 Å². The lowest BCUT2D eigenvalue weighted by Crippen LogP contribution is -2.45. The molecule has 66 heavy (non-hydrogen) atoms. The van der Waals surface area contributed by atoms with E-state index in [1.165, 1.54) is 51.4 Å². The molecule has 3 N–H and O–H groups in total. The minimum atomic E-state index is -0.886. The van der Waals surface area contributed by atoms with Gasteiger partial charge in [0.05, 0.1) is 18.8 Å². The molecule has 0 saturated heterocycles. The summed E-state index contributed by atoms with van der Waals surface area (Å²) in [6, 6.07) is -0.663. The molecule has 0 fully saturated rings. The summed E-state index contributed by atoms with van der Waals surface area (Å²) >= 11 is 0. The lowest BCUT2D eigenvalue weighted by atomic mass is 10.1. The quantitative estimate of drug-likeness (QED) is 0.0421. The summed E-state index contributed by atoms with van der Waals surface area (Å²) in [5.41, 5.74) is 0. The Morgan fingerprint density at radius 3 is 1.06 bits per heavy atom. The minimum absolute atomic E-state index is 0.0989. The number of aliphatic hydroxyl groups excluding tert-OH is 2. The number of carbonyl (C=O) groups excluding carboxylic acids is 1. The molecule has 0 aliphatic heterocycles. The number of allylic oxidation sites excluding steroid dienone is 27. The molecule has 0 aromatic heterocycles. The maximum atomic E-state index is 12.4. The molecule has 0 saturated carbocycles. The van der Waals surface area contributed by atoms with E-state index in [0.717, 1.165) is 122 Å². The fourth-order valence-electron chi connectivity index (χ4n) is 6.68. The monoisotopic (exact) mass is 904 g/mol. The molecule has 2 unspecified atom stereocenters. The Morgan fingerprint density at radius 2 is 0.682 bits per heavy atom. The molecule has 1 amide bonds. The molecule has 0 bridgehead atoms. The van der Waals surface area contributed by atoms with Gasteiger partial charge in [-0.3, -0.25) is 4.79 Å². The summed E-state index contributed by atoms with van der Waals surface area (Å²) in [5.74, 6) is -0.0989. The topological polar surface area (TPSA) is 69.6 Å². The summed E-state index contributed by atoms with van der Waals surface area (Å²) in [6.45, 7) is 4.12. The molecule has 4 heteroatoms. The highest BCUT2D eigenvalue weighted by Crippen LogP contribution is 2.11. The van der Waals surface area contributed by atoms with E-state index in [9.17, 15) is 15.0 Å². The molecule has 0 spiro atoms. The third-order valence-corrected chi connectivity index (χ3v) is 10.7. The average molecular weight is 904 g/mol. The zero-order valence-corrected chi connectivity index (χ0v) is 42.1. The molecular weight excluding hydrogens is 807 g/mol. The molecular formula is C62H97NO3. The average Bonchev–Trinajstić information content (AvgIpc) is 3.32. The molecule has 368 valence electrons. The van der Waals surface area contributed by atoms with Crippen molar-refractivity contribution in [1.29, 1.82) is 0 Å². The van der Waals surface area contributed by atoms with Gasteiger partial charge in [-0.05, 0) is 128 Å². The van der Waals surface area contributed by atoms with E-state index in [-0.39, 0.29) is 12.5 Å². The van der Waals surface area contributed by atoms with Crippen molar-refractivity contribution < 1.29 is 15.0 Å². The van der Waals surface area contributed by atoms with Gasteiger partial charge in [-0.15, -0.1) is 0 Å². The van der Waals surface area contributed by atoms with Crippen LogP contribution in [0.1, 0.15) is 194 Å². The number of carbonyl (C=O) groups is 1. The van der Waals surface area contributed by atoms with Gasteiger partial charge in [-0.1, -0.05) is 229 Å². The largest absolute Gasteiger partial charge is 0.394 e. The van der Waals surface area contributed by atoms with Crippen LogP contribution in [0.25, 0.3) is 0 Å². The number of rotatable bonds is 45. The van der Waals surface area contributed by atoms with Crippen LogP contribution in [0.3, 0.4) is 0 Å². The first-order valence-corrected chi connectivity index (χ1v) is 26.3. The van der Waals surface area contributed by atoms with Crippen LogP contribution in [0.5, 0.6) is 0 Å². The lowest BCUT2D eigenvalue weighted by molar-refractivity contribution is -0.123. The Morgan fingerprint density at radius 1 is 0.379 bits per heavy atom. The maximum absolute atomic E-state index is 12.4. The van der Waals surface area contributed by atoms with Gasteiger partial charge in [0.1, 0.15) is 0 Å². The van der Waals surface area contributed by atoms with Gasteiger partial charge >= 0.3 is 0 Å². The van der Waals surface area contributed by atoms with Crippen LogP contribution in [-0.2, 0) is 4.79 Å². The molecule has 0 aliphatic rings. The van der Waals surface area contributed by atoms with Crippen LogP contribution in [0.4, 0.5) is 0 Å². The smallest absolute Gasteiger partial charge is 0.220 e. The Bertz CT molecular complexity index is 1490. The van der Waals surface area contributed by atoms with Crippen molar-refractivity contribution in [1.82, 2.24) is 5.32 Å². The third-order valence-electron chi connectivity index (χ3n) is 10.7. The van der Waals surface area contributed by atoms with Crippen molar-refractivity contribution >= 4 is 5.91 Å². The van der Waals surface area contributed by atoms with Gasteiger partial charge in [0.2, 0.25) is 5.91 Å². The zero-order chi connectivity index (χ0) is 47.7. The van der Waals surface area contributed by atoms with Gasteiger partial charge in [0.25, 0.3) is 0 Å². The highest BCUT2D eigenvalue weighted by molar-refractivity contribution is 5.76. The molecule has 0 aromatic rings. The Balaban J connectivity index is 3.70. The first kappa shape index (κ1) is 61.8. The standard InChI is InChI=1S/C62H97NO3/c1-3-5-7-9-11-13-15-17-18-19-20-21-22-23-24-25-26-27-28-29-30-31-32-33-34-35-36-37-38-39-40-41-42-43-44-46-48-50-52-54-56-58-62(66)63-60(59-64)61(65)57-55-53-51-49-47-45-16-14-12-10-8-6-4-2/h5,7,11-14,17-18,20-21,23-24,26-27,29-30,32-33,35-36,38-39,41-42,47,49,55,57,60-61,64-65H,3-4,6,8-10,15-16,19,22,25,28,31,34,37,40,43-46,48,50-54,56,58-59H2,1-2H3,(H,63,66)/b7-5-,13-11-,14-12+,18-17-,21-20-,24-23-,27-26-,30-29-,33-32-,36-35-,39-38-,42-41-,49-47+,57-55+. The third kappa shape index (κ3) is 50.7. The van der Waals surface area contributed by atoms with Crippen LogP contribution >= 0.6 is 0 Å². The molecule has 0 aliphatic carbocycles. The molecule has 0 radical (unpaired) electrons. The van der Waals surface area contributed by atoms with Gasteiger partial charge in [-0.25, -0.2) is 0 Å². The first-order chi connectivity index (χ1) is 32.7. The molecule has 0 heterocycles. The zero-order valence-electron chi connectivity index (χ0n) is 42.1. The molecule has 0 rings (SSSR count). The van der Waals surface area contributed by atoms with Gasteiger partial charge < -0.3 is 15.5 Å². The molecule has 2 atom stereocenters. The second-order valence-electron chi connectivity index (χ2n) is 16.8. The molecule has 0 aromatic carbocycles. The van der Waals surface area contributed by atoms with Crippen molar-refractivity contribution in [3.63, 3.8) is 0 Å². The van der Waals surface area contributed by atoms with E-state index in [2.05, 4.69) is 177 Å².